The van der Waals surface area contributed by atoms with E-state index in [0.717, 1.165) is 6.07 Å². The number of rotatable bonds is 3. The molecule has 0 radical (unpaired) electrons. The summed E-state index contributed by atoms with van der Waals surface area (Å²) in [4.78, 5) is 22.4. The molecule has 108 valence electrons. The van der Waals surface area contributed by atoms with Crippen molar-refractivity contribution < 1.29 is 24.2 Å². The lowest BCUT2D eigenvalue weighted by atomic mass is 10.2. The van der Waals surface area contributed by atoms with Gasteiger partial charge in [0.1, 0.15) is 11.6 Å². The van der Waals surface area contributed by atoms with E-state index < -0.39 is 17.8 Å². The van der Waals surface area contributed by atoms with Crippen molar-refractivity contribution in [3.05, 3.63) is 53.8 Å². The second-order valence-electron chi connectivity index (χ2n) is 4.12. The van der Waals surface area contributed by atoms with Gasteiger partial charge in [0.15, 0.2) is 0 Å². The summed E-state index contributed by atoms with van der Waals surface area (Å²) in [6.07, 6.45) is 0. The van der Waals surface area contributed by atoms with Gasteiger partial charge < -0.3 is 20.8 Å². The Morgan fingerprint density at radius 2 is 1.67 bits per heavy atom. The molecule has 0 aliphatic rings. The molecule has 7 heteroatoms. The Labute approximate surface area is 118 Å². The van der Waals surface area contributed by atoms with Crippen LogP contribution in [0, 0.1) is 5.82 Å². The van der Waals surface area contributed by atoms with Gasteiger partial charge in [-0.2, -0.15) is 0 Å². The van der Waals surface area contributed by atoms with Gasteiger partial charge in [-0.15, -0.1) is 0 Å². The number of nitrogens with one attached hydrogen (secondary N) is 2. The zero-order valence-electron chi connectivity index (χ0n) is 10.6. The van der Waals surface area contributed by atoms with E-state index in [1.165, 1.54) is 36.4 Å². The second-order valence-corrected chi connectivity index (χ2v) is 4.12. The molecule has 0 spiro atoms. The molecule has 0 aromatic heterocycles. The van der Waals surface area contributed by atoms with Crippen LogP contribution in [-0.4, -0.2) is 22.2 Å². The summed E-state index contributed by atoms with van der Waals surface area (Å²) < 4.78 is 12.7. The average molecular weight is 290 g/mol. The van der Waals surface area contributed by atoms with E-state index in [4.69, 9.17) is 5.11 Å². The van der Waals surface area contributed by atoms with Gasteiger partial charge in [-0.1, -0.05) is 0 Å². The number of carboxylic acids is 1. The van der Waals surface area contributed by atoms with E-state index in [-0.39, 0.29) is 17.0 Å². The van der Waals surface area contributed by atoms with Gasteiger partial charge >= 0.3 is 12.0 Å². The van der Waals surface area contributed by atoms with E-state index in [1.54, 1.807) is 0 Å². The number of phenolic OH excluding ortho intramolecular Hbond substituents is 1. The zero-order chi connectivity index (χ0) is 15.4. The lowest BCUT2D eigenvalue weighted by Gasteiger charge is -2.09. The maximum atomic E-state index is 12.7. The molecule has 2 aromatic carbocycles. The first-order valence-corrected chi connectivity index (χ1v) is 5.85. The number of amides is 2. The number of halogens is 1. The fraction of sp³-hybridized carbons (Fsp3) is 0. The molecular weight excluding hydrogens is 279 g/mol. The monoisotopic (exact) mass is 290 g/mol. The Kier molecular flexibility index (Phi) is 4.03. The summed E-state index contributed by atoms with van der Waals surface area (Å²) in [7, 11) is 0. The first-order chi connectivity index (χ1) is 9.95. The minimum atomic E-state index is -1.19. The van der Waals surface area contributed by atoms with E-state index in [2.05, 4.69) is 10.6 Å². The number of carboxylic acid groups (broad SMARTS) is 1. The fourth-order valence-electron chi connectivity index (χ4n) is 1.59. The number of aromatic carboxylic acids is 1. The molecule has 0 aliphatic carbocycles. The van der Waals surface area contributed by atoms with Crippen LogP contribution in [0.25, 0.3) is 0 Å². The van der Waals surface area contributed by atoms with Crippen LogP contribution in [0.3, 0.4) is 0 Å². The highest BCUT2D eigenvalue weighted by Gasteiger charge is 2.10. The summed E-state index contributed by atoms with van der Waals surface area (Å²) in [5.74, 6) is -1.99. The molecular formula is C14H11FN2O4. The van der Waals surface area contributed by atoms with Crippen molar-refractivity contribution in [1.29, 1.82) is 0 Å². The van der Waals surface area contributed by atoms with Crippen LogP contribution < -0.4 is 10.6 Å². The highest BCUT2D eigenvalue weighted by atomic mass is 19.1. The highest BCUT2D eigenvalue weighted by Crippen LogP contribution is 2.24. The highest BCUT2D eigenvalue weighted by molar-refractivity contribution is 6.01. The second kappa shape index (κ2) is 5.91. The van der Waals surface area contributed by atoms with Crippen LogP contribution in [-0.2, 0) is 0 Å². The third-order valence-electron chi connectivity index (χ3n) is 2.59. The summed E-state index contributed by atoms with van der Waals surface area (Å²) >= 11 is 0. The first-order valence-electron chi connectivity index (χ1n) is 5.85. The van der Waals surface area contributed by atoms with Crippen LogP contribution >= 0.6 is 0 Å². The Hall–Kier alpha value is -3.09. The van der Waals surface area contributed by atoms with E-state index in [9.17, 15) is 19.1 Å². The maximum absolute atomic E-state index is 12.7. The molecule has 0 aliphatic heterocycles. The summed E-state index contributed by atoms with van der Waals surface area (Å²) in [6.45, 7) is 0. The number of hydrogen-bond acceptors (Lipinski definition) is 3. The predicted molar refractivity (Wildman–Crippen MR) is 74.1 cm³/mol. The van der Waals surface area contributed by atoms with Crippen molar-refractivity contribution >= 4 is 23.4 Å². The van der Waals surface area contributed by atoms with Crippen molar-refractivity contribution in [2.24, 2.45) is 0 Å². The lowest BCUT2D eigenvalue weighted by molar-refractivity contribution is 0.0696. The molecule has 0 saturated heterocycles. The number of carbonyl (C=O) groups excluding carboxylic acids is 1. The maximum Gasteiger partial charge on any atom is 0.335 e. The van der Waals surface area contributed by atoms with Crippen molar-refractivity contribution in [3.63, 3.8) is 0 Å². The van der Waals surface area contributed by atoms with E-state index >= 15 is 0 Å². The molecule has 0 unspecified atom stereocenters. The minimum absolute atomic E-state index is 0.0552. The Morgan fingerprint density at radius 1 is 1.00 bits per heavy atom. The van der Waals surface area contributed by atoms with Crippen LogP contribution in [0.2, 0.25) is 0 Å². The Balaban J connectivity index is 2.06. The largest absolute Gasteiger partial charge is 0.506 e. The number of benzene rings is 2. The summed E-state index contributed by atoms with van der Waals surface area (Å²) in [5, 5.41) is 23.2. The van der Waals surface area contributed by atoms with Gasteiger partial charge in [0.2, 0.25) is 0 Å². The van der Waals surface area contributed by atoms with Gasteiger partial charge in [-0.05, 0) is 42.5 Å². The predicted octanol–water partition coefficient (Wildman–Crippen LogP) is 2.87. The van der Waals surface area contributed by atoms with Crippen molar-refractivity contribution in [3.8, 4) is 5.75 Å². The van der Waals surface area contributed by atoms with Crippen molar-refractivity contribution in [1.82, 2.24) is 0 Å². The third-order valence-corrected chi connectivity index (χ3v) is 2.59. The number of carbonyl (C=O) groups is 2. The quantitative estimate of drug-likeness (QED) is 0.653. The number of phenols is 1. The smallest absolute Gasteiger partial charge is 0.335 e. The topological polar surface area (TPSA) is 98.7 Å². The molecule has 0 atom stereocenters. The normalized spacial score (nSPS) is 9.95. The lowest BCUT2D eigenvalue weighted by Crippen LogP contribution is -2.19. The standard InChI is InChI=1S/C14H11FN2O4/c15-9-2-4-10(5-3-9)16-14(21)17-11-6-1-8(13(19)20)7-12(11)18/h1-7,18H,(H,19,20)(H2,16,17,21). The molecule has 4 N–H and O–H groups in total. The van der Waals surface area contributed by atoms with Crippen LogP contribution in [0.5, 0.6) is 5.75 Å². The van der Waals surface area contributed by atoms with Gasteiger partial charge in [0.05, 0.1) is 11.3 Å². The Bertz CT molecular complexity index is 686. The Morgan fingerprint density at radius 3 is 2.24 bits per heavy atom. The van der Waals surface area contributed by atoms with Crippen molar-refractivity contribution in [2.75, 3.05) is 10.6 Å². The van der Waals surface area contributed by atoms with Crippen LogP contribution in [0.4, 0.5) is 20.6 Å². The SMILES string of the molecule is O=C(Nc1ccc(F)cc1)Nc1ccc(C(=O)O)cc1O. The summed E-state index contributed by atoms with van der Waals surface area (Å²) in [5.41, 5.74) is 0.326. The molecule has 0 bridgehead atoms. The average Bonchev–Trinajstić information content (AvgIpc) is 2.43. The molecule has 6 nitrogen and oxygen atoms in total. The minimum Gasteiger partial charge on any atom is -0.506 e. The van der Waals surface area contributed by atoms with Gasteiger partial charge in [-0.25, -0.2) is 14.0 Å². The van der Waals surface area contributed by atoms with E-state index in [0.29, 0.717) is 5.69 Å². The third kappa shape index (κ3) is 3.69. The number of urea groups is 1. The number of aromatic hydroxyl groups is 1. The summed E-state index contributed by atoms with van der Waals surface area (Å²) in [6, 6.07) is 8.02. The van der Waals surface area contributed by atoms with Crippen molar-refractivity contribution in [2.45, 2.75) is 0 Å². The van der Waals surface area contributed by atoms with Crippen LogP contribution in [0.15, 0.2) is 42.5 Å². The molecule has 2 rings (SSSR count). The van der Waals surface area contributed by atoms with Gasteiger partial charge in [0, 0.05) is 5.69 Å². The van der Waals surface area contributed by atoms with Gasteiger partial charge in [-0.3, -0.25) is 0 Å². The molecule has 2 aromatic rings. The van der Waals surface area contributed by atoms with Gasteiger partial charge in [0.25, 0.3) is 0 Å². The fourth-order valence-corrected chi connectivity index (χ4v) is 1.59. The van der Waals surface area contributed by atoms with E-state index in [1.807, 2.05) is 0 Å². The number of anilines is 2. The zero-order valence-corrected chi connectivity index (χ0v) is 10.6. The molecule has 0 saturated carbocycles. The molecule has 21 heavy (non-hydrogen) atoms. The molecule has 0 fully saturated rings. The number of hydrogen-bond donors (Lipinski definition) is 4. The first kappa shape index (κ1) is 14.3. The molecule has 2 amide bonds. The molecule has 0 heterocycles. The van der Waals surface area contributed by atoms with Crippen LogP contribution in [0.1, 0.15) is 10.4 Å².